The van der Waals surface area contributed by atoms with Crippen LogP contribution >= 0.6 is 0 Å². The van der Waals surface area contributed by atoms with Crippen LogP contribution in [-0.2, 0) is 5.41 Å². The molecule has 0 fully saturated rings. The fraction of sp³-hybridized carbons (Fsp3) is 0.0508. The van der Waals surface area contributed by atoms with Crippen molar-refractivity contribution in [1.82, 2.24) is 0 Å². The molecule has 3 nitrogen and oxygen atoms in total. The lowest BCUT2D eigenvalue weighted by molar-refractivity contribution is 0.628. The molecule has 0 saturated heterocycles. The highest BCUT2D eigenvalue weighted by Crippen LogP contribution is 2.58. The minimum atomic E-state index is -0.447. The number of para-hydroxylation sites is 2. The molecule has 0 atom stereocenters. The van der Waals surface area contributed by atoms with E-state index in [0.29, 0.717) is 0 Å². The first-order valence-electron chi connectivity index (χ1n) is 21.6. The predicted octanol–water partition coefficient (Wildman–Crippen LogP) is 17.0. The van der Waals surface area contributed by atoms with Crippen molar-refractivity contribution in [2.24, 2.45) is 0 Å². The van der Waals surface area contributed by atoms with E-state index in [1.807, 2.05) is 12.1 Å². The molecule has 0 radical (unpaired) electrons. The van der Waals surface area contributed by atoms with E-state index in [0.717, 1.165) is 73.3 Å². The van der Waals surface area contributed by atoms with Gasteiger partial charge in [0.15, 0.2) is 0 Å². The molecule has 1 aliphatic carbocycles. The molecule has 0 bridgehead atoms. The van der Waals surface area contributed by atoms with Gasteiger partial charge in [-0.15, -0.1) is 0 Å². The number of rotatable bonds is 9. The van der Waals surface area contributed by atoms with Gasteiger partial charge in [0.25, 0.3) is 0 Å². The normalized spacial score (nSPS) is 12.5. The molecule has 0 saturated carbocycles. The summed E-state index contributed by atoms with van der Waals surface area (Å²) in [7, 11) is 0. The number of anilines is 9. The zero-order valence-corrected chi connectivity index (χ0v) is 35.5. The molecule has 11 rings (SSSR count). The van der Waals surface area contributed by atoms with Crippen LogP contribution in [0.3, 0.4) is 0 Å². The lowest BCUT2D eigenvalue weighted by Gasteiger charge is -2.32. The van der Waals surface area contributed by atoms with Gasteiger partial charge in [0.1, 0.15) is 11.6 Å². The minimum absolute atomic E-state index is 0.328. The second kappa shape index (κ2) is 15.7. The quantitative estimate of drug-likeness (QED) is 0.143. The summed E-state index contributed by atoms with van der Waals surface area (Å²) in [6.45, 7) is 4.60. The van der Waals surface area contributed by atoms with Gasteiger partial charge in [0.2, 0.25) is 0 Å². The lowest BCUT2D eigenvalue weighted by Crippen LogP contribution is -2.18. The van der Waals surface area contributed by atoms with Gasteiger partial charge in [0, 0.05) is 56.2 Å². The van der Waals surface area contributed by atoms with Crippen molar-refractivity contribution >= 4 is 72.7 Å². The standard InChI is InChI=1S/C59H43F2N3/c1-59(2)54-35-34-50(64(49-29-24-40-14-9-10-16-42(40)36-49)56-23-13-17-41-15-11-12-22-52(41)56)37-53(54)58-55(59)38-51(62(47-30-25-43(60)26-31-47)48-32-27-44(61)28-33-48)39-57(58)63(45-18-5-3-6-19-45)46-20-7-4-8-21-46/h3-39H,1-2H3. The van der Waals surface area contributed by atoms with Crippen molar-refractivity contribution < 1.29 is 8.78 Å². The molecule has 0 aliphatic heterocycles. The fourth-order valence-electron chi connectivity index (χ4n) is 9.62. The molecular weight excluding hydrogens is 789 g/mol. The van der Waals surface area contributed by atoms with Crippen molar-refractivity contribution in [2.45, 2.75) is 19.3 Å². The third-order valence-corrected chi connectivity index (χ3v) is 12.7. The summed E-state index contributed by atoms with van der Waals surface area (Å²) in [5.74, 6) is -0.657. The Kier molecular flexibility index (Phi) is 9.54. The molecule has 308 valence electrons. The van der Waals surface area contributed by atoms with Crippen LogP contribution in [0.25, 0.3) is 32.7 Å². The van der Waals surface area contributed by atoms with E-state index in [1.54, 1.807) is 24.3 Å². The van der Waals surface area contributed by atoms with Gasteiger partial charge >= 0.3 is 0 Å². The van der Waals surface area contributed by atoms with Gasteiger partial charge in [0.05, 0.1) is 11.4 Å². The van der Waals surface area contributed by atoms with Crippen LogP contribution in [0.4, 0.5) is 60.0 Å². The Bertz CT molecular complexity index is 3240. The molecule has 10 aromatic rings. The van der Waals surface area contributed by atoms with Crippen molar-refractivity contribution in [1.29, 1.82) is 0 Å². The third kappa shape index (κ3) is 6.74. The zero-order chi connectivity index (χ0) is 43.4. The van der Waals surface area contributed by atoms with E-state index in [4.69, 9.17) is 0 Å². The van der Waals surface area contributed by atoms with E-state index in [2.05, 4.69) is 192 Å². The van der Waals surface area contributed by atoms with Crippen LogP contribution in [0.15, 0.2) is 224 Å². The third-order valence-electron chi connectivity index (χ3n) is 12.7. The molecular formula is C59H43F2N3. The Morgan fingerprint density at radius 3 is 1.48 bits per heavy atom. The second-order valence-electron chi connectivity index (χ2n) is 16.9. The Morgan fingerprint density at radius 1 is 0.328 bits per heavy atom. The van der Waals surface area contributed by atoms with Gasteiger partial charge in [-0.25, -0.2) is 8.78 Å². The van der Waals surface area contributed by atoms with E-state index < -0.39 is 5.41 Å². The molecule has 0 amide bonds. The van der Waals surface area contributed by atoms with Gasteiger partial charge in [-0.3, -0.25) is 0 Å². The topological polar surface area (TPSA) is 9.72 Å². The molecule has 0 unspecified atom stereocenters. The highest BCUT2D eigenvalue weighted by atomic mass is 19.1. The fourth-order valence-corrected chi connectivity index (χ4v) is 9.62. The number of nitrogens with zero attached hydrogens (tertiary/aromatic N) is 3. The number of hydrogen-bond donors (Lipinski definition) is 0. The average molecular weight is 832 g/mol. The summed E-state index contributed by atoms with van der Waals surface area (Å²) in [5, 5.41) is 4.68. The Hall–Kier alpha value is -8.02. The summed E-state index contributed by atoms with van der Waals surface area (Å²) < 4.78 is 29.1. The predicted molar refractivity (Wildman–Crippen MR) is 263 cm³/mol. The van der Waals surface area contributed by atoms with Crippen LogP contribution < -0.4 is 14.7 Å². The molecule has 64 heavy (non-hydrogen) atoms. The van der Waals surface area contributed by atoms with Crippen molar-refractivity contribution in [3.63, 3.8) is 0 Å². The summed E-state index contributed by atoms with van der Waals surface area (Å²) in [5.41, 5.74) is 12.7. The summed E-state index contributed by atoms with van der Waals surface area (Å²) in [6, 6.07) is 75.7. The minimum Gasteiger partial charge on any atom is -0.310 e. The molecule has 5 heteroatoms. The maximum Gasteiger partial charge on any atom is 0.123 e. The van der Waals surface area contributed by atoms with Gasteiger partial charge < -0.3 is 14.7 Å². The number of halogens is 2. The molecule has 0 heterocycles. The Morgan fingerprint density at radius 2 is 0.828 bits per heavy atom. The van der Waals surface area contributed by atoms with Gasteiger partial charge in [-0.05, 0) is 148 Å². The summed E-state index contributed by atoms with van der Waals surface area (Å²) >= 11 is 0. The maximum atomic E-state index is 14.6. The second-order valence-corrected chi connectivity index (χ2v) is 16.9. The lowest BCUT2D eigenvalue weighted by atomic mass is 9.82. The Labute approximate surface area is 372 Å². The molecule has 1 aliphatic rings. The van der Waals surface area contributed by atoms with E-state index in [1.165, 1.54) is 46.0 Å². The van der Waals surface area contributed by atoms with E-state index in [-0.39, 0.29) is 11.6 Å². The van der Waals surface area contributed by atoms with Crippen LogP contribution in [0.2, 0.25) is 0 Å². The van der Waals surface area contributed by atoms with Crippen LogP contribution in [0.1, 0.15) is 25.0 Å². The Balaban J connectivity index is 1.20. The van der Waals surface area contributed by atoms with Gasteiger partial charge in [-0.1, -0.05) is 123 Å². The van der Waals surface area contributed by atoms with Crippen molar-refractivity contribution in [2.75, 3.05) is 14.7 Å². The van der Waals surface area contributed by atoms with E-state index in [9.17, 15) is 8.78 Å². The highest BCUT2D eigenvalue weighted by Gasteiger charge is 2.40. The number of fused-ring (bicyclic) bond motifs is 5. The van der Waals surface area contributed by atoms with E-state index >= 15 is 0 Å². The zero-order valence-electron chi connectivity index (χ0n) is 35.5. The molecule has 0 aromatic heterocycles. The maximum absolute atomic E-state index is 14.6. The van der Waals surface area contributed by atoms with Crippen LogP contribution in [0.5, 0.6) is 0 Å². The van der Waals surface area contributed by atoms with Crippen LogP contribution in [0, 0.1) is 11.6 Å². The molecule has 10 aromatic carbocycles. The monoisotopic (exact) mass is 831 g/mol. The smallest absolute Gasteiger partial charge is 0.123 e. The largest absolute Gasteiger partial charge is 0.310 e. The first-order valence-corrected chi connectivity index (χ1v) is 21.6. The number of hydrogen-bond acceptors (Lipinski definition) is 3. The van der Waals surface area contributed by atoms with Crippen LogP contribution in [-0.4, -0.2) is 0 Å². The molecule has 0 N–H and O–H groups in total. The first kappa shape index (κ1) is 38.9. The van der Waals surface area contributed by atoms with Crippen molar-refractivity contribution in [3.05, 3.63) is 247 Å². The summed E-state index contributed by atoms with van der Waals surface area (Å²) in [4.78, 5) is 6.81. The summed E-state index contributed by atoms with van der Waals surface area (Å²) in [6.07, 6.45) is 0. The molecule has 0 spiro atoms. The highest BCUT2D eigenvalue weighted by molar-refractivity contribution is 6.03. The average Bonchev–Trinajstić information content (AvgIpc) is 3.56. The number of benzene rings is 10. The SMILES string of the molecule is CC1(C)c2ccc(N(c3ccc4ccccc4c3)c3cccc4ccccc34)cc2-c2c(N(c3ccccc3)c3ccccc3)cc(N(c3ccc(F)cc3)c3ccc(F)cc3)cc21. The van der Waals surface area contributed by atoms with Crippen molar-refractivity contribution in [3.8, 4) is 11.1 Å². The first-order chi connectivity index (χ1) is 31.3. The van der Waals surface area contributed by atoms with Gasteiger partial charge in [-0.2, -0.15) is 0 Å².